The molecule has 8 nitrogen and oxygen atoms in total. The van der Waals surface area contributed by atoms with Gasteiger partial charge in [-0.05, 0) is 43.4 Å². The summed E-state index contributed by atoms with van der Waals surface area (Å²) in [5, 5.41) is 11.5. The number of carbonyl (C=O) groups is 1. The van der Waals surface area contributed by atoms with Crippen LogP contribution in [0.3, 0.4) is 0 Å². The summed E-state index contributed by atoms with van der Waals surface area (Å²) in [6.07, 6.45) is 1.81. The SMILES string of the molecule is CN1C[C@H](c2n[nH]c(=O)s2)[C@H](NC(=O)c2ccc(OCc3cnc4ccccc4c3)cc2)C1. The molecule has 33 heavy (non-hydrogen) atoms. The van der Waals surface area contributed by atoms with Crippen LogP contribution in [-0.2, 0) is 6.61 Å². The summed E-state index contributed by atoms with van der Waals surface area (Å²) in [4.78, 5) is 30.7. The second-order valence-electron chi connectivity index (χ2n) is 8.21. The van der Waals surface area contributed by atoms with Gasteiger partial charge >= 0.3 is 4.87 Å². The van der Waals surface area contributed by atoms with Gasteiger partial charge in [-0.2, -0.15) is 5.10 Å². The van der Waals surface area contributed by atoms with Gasteiger partial charge in [-0.3, -0.25) is 14.6 Å². The molecule has 1 aliphatic heterocycles. The van der Waals surface area contributed by atoms with Crippen LogP contribution in [0.25, 0.3) is 10.9 Å². The number of amides is 1. The third kappa shape index (κ3) is 4.79. The number of hydrogen-bond acceptors (Lipinski definition) is 7. The second-order valence-corrected chi connectivity index (χ2v) is 9.20. The zero-order valence-corrected chi connectivity index (χ0v) is 18.8. The van der Waals surface area contributed by atoms with Crippen molar-refractivity contribution in [2.75, 3.05) is 20.1 Å². The van der Waals surface area contributed by atoms with Gasteiger partial charge in [0.1, 0.15) is 17.4 Å². The molecule has 1 fully saturated rings. The number of fused-ring (bicyclic) bond motifs is 1. The minimum absolute atomic E-state index is 0.0129. The van der Waals surface area contributed by atoms with E-state index < -0.39 is 0 Å². The Morgan fingerprint density at radius 2 is 2.03 bits per heavy atom. The van der Waals surface area contributed by atoms with E-state index in [1.807, 2.05) is 37.5 Å². The van der Waals surface area contributed by atoms with Gasteiger partial charge in [0, 0.05) is 41.7 Å². The Morgan fingerprint density at radius 1 is 1.21 bits per heavy atom. The van der Waals surface area contributed by atoms with Gasteiger partial charge in [-0.15, -0.1) is 0 Å². The van der Waals surface area contributed by atoms with Crippen LogP contribution >= 0.6 is 11.3 Å². The minimum atomic E-state index is -0.181. The van der Waals surface area contributed by atoms with Gasteiger partial charge in [0.25, 0.3) is 5.91 Å². The summed E-state index contributed by atoms with van der Waals surface area (Å²) in [5.41, 5.74) is 2.49. The second kappa shape index (κ2) is 9.13. The first-order chi connectivity index (χ1) is 16.0. The van der Waals surface area contributed by atoms with Crippen molar-refractivity contribution >= 4 is 28.1 Å². The molecule has 168 valence electrons. The number of nitrogens with zero attached hydrogens (tertiary/aromatic N) is 3. The lowest BCUT2D eigenvalue weighted by Crippen LogP contribution is -2.39. The fraction of sp³-hybridized carbons (Fsp3) is 0.250. The Kier molecular flexibility index (Phi) is 5.89. The van der Waals surface area contributed by atoms with E-state index in [1.54, 1.807) is 24.3 Å². The molecule has 1 amide bonds. The highest BCUT2D eigenvalue weighted by molar-refractivity contribution is 7.08. The predicted octanol–water partition coefficient (Wildman–Crippen LogP) is 2.79. The van der Waals surface area contributed by atoms with Gasteiger partial charge < -0.3 is 15.0 Å². The molecule has 2 aromatic heterocycles. The quantitative estimate of drug-likeness (QED) is 0.458. The molecular formula is C24H23N5O3S. The number of likely N-dealkylation sites (N-methyl/N-ethyl adjacent to an activating group) is 1. The molecule has 0 saturated carbocycles. The first-order valence-electron chi connectivity index (χ1n) is 10.7. The standard InChI is InChI=1S/C24H23N5O3S/c1-29-12-19(23-27-28-24(31)33-23)21(13-29)26-22(30)16-6-8-18(9-7-16)32-14-15-10-17-4-2-3-5-20(17)25-11-15/h2-11,19,21H,12-14H2,1H3,(H,26,30)(H,28,31)/t19-,21+/m0/s1. The summed E-state index contributed by atoms with van der Waals surface area (Å²) < 4.78 is 5.88. The normalized spacial score (nSPS) is 18.5. The number of H-pyrrole nitrogens is 1. The Bertz CT molecular complexity index is 1330. The fourth-order valence-corrected chi connectivity index (χ4v) is 4.88. The van der Waals surface area contributed by atoms with Crippen LogP contribution in [0.5, 0.6) is 5.75 Å². The molecule has 1 saturated heterocycles. The Labute approximate surface area is 194 Å². The first-order valence-corrected chi connectivity index (χ1v) is 11.5. The summed E-state index contributed by atoms with van der Waals surface area (Å²) in [6.45, 7) is 1.83. The van der Waals surface area contributed by atoms with E-state index in [-0.39, 0.29) is 22.7 Å². The van der Waals surface area contributed by atoms with Crippen molar-refractivity contribution in [3.05, 3.63) is 86.6 Å². The molecule has 2 atom stereocenters. The maximum absolute atomic E-state index is 12.8. The molecule has 0 spiro atoms. The third-order valence-electron chi connectivity index (χ3n) is 5.76. The third-order valence-corrected chi connectivity index (χ3v) is 6.64. The lowest BCUT2D eigenvalue weighted by molar-refractivity contribution is 0.0935. The van der Waals surface area contributed by atoms with Crippen molar-refractivity contribution in [3.8, 4) is 5.75 Å². The Hall–Kier alpha value is -3.56. The highest BCUT2D eigenvalue weighted by Gasteiger charge is 2.35. The molecule has 0 radical (unpaired) electrons. The zero-order chi connectivity index (χ0) is 22.8. The van der Waals surface area contributed by atoms with Crippen LogP contribution in [-0.4, -0.2) is 52.2 Å². The van der Waals surface area contributed by atoms with Crippen LogP contribution in [0.15, 0.2) is 65.6 Å². The van der Waals surface area contributed by atoms with Gasteiger partial charge in [0.2, 0.25) is 0 Å². The smallest absolute Gasteiger partial charge is 0.322 e. The van der Waals surface area contributed by atoms with Gasteiger partial charge in [-0.25, -0.2) is 5.10 Å². The highest BCUT2D eigenvalue weighted by Crippen LogP contribution is 2.27. The Balaban J connectivity index is 1.21. The molecule has 9 heteroatoms. The number of ether oxygens (including phenoxy) is 1. The average Bonchev–Trinajstić information content (AvgIpc) is 3.42. The number of para-hydroxylation sites is 1. The van der Waals surface area contributed by atoms with Crippen LogP contribution in [0.2, 0.25) is 0 Å². The predicted molar refractivity (Wildman–Crippen MR) is 127 cm³/mol. The lowest BCUT2D eigenvalue weighted by Gasteiger charge is -2.18. The van der Waals surface area contributed by atoms with Crippen molar-refractivity contribution in [1.29, 1.82) is 0 Å². The number of rotatable bonds is 6. The van der Waals surface area contributed by atoms with E-state index in [9.17, 15) is 9.59 Å². The molecular weight excluding hydrogens is 438 g/mol. The minimum Gasteiger partial charge on any atom is -0.489 e. The summed E-state index contributed by atoms with van der Waals surface area (Å²) in [6, 6.07) is 17.0. The van der Waals surface area contributed by atoms with E-state index >= 15 is 0 Å². The maximum Gasteiger partial charge on any atom is 0.322 e. The number of likely N-dealkylation sites (tertiary alicyclic amines) is 1. The lowest BCUT2D eigenvalue weighted by atomic mass is 10.0. The summed E-state index contributed by atoms with van der Waals surface area (Å²) in [7, 11) is 1.99. The molecule has 5 rings (SSSR count). The van der Waals surface area contributed by atoms with E-state index in [0.29, 0.717) is 24.5 Å². The maximum atomic E-state index is 12.8. The number of aromatic nitrogens is 3. The van der Waals surface area contributed by atoms with Crippen LogP contribution in [0.4, 0.5) is 0 Å². The summed E-state index contributed by atoms with van der Waals surface area (Å²) >= 11 is 1.10. The van der Waals surface area contributed by atoms with Crippen LogP contribution in [0, 0.1) is 0 Å². The van der Waals surface area contributed by atoms with E-state index in [2.05, 4.69) is 31.5 Å². The number of carbonyl (C=O) groups excluding carboxylic acids is 1. The van der Waals surface area contributed by atoms with Crippen molar-refractivity contribution in [3.63, 3.8) is 0 Å². The first kappa shape index (κ1) is 21.3. The fourth-order valence-electron chi connectivity index (χ4n) is 4.11. The number of pyridine rings is 1. The molecule has 0 aliphatic carbocycles. The van der Waals surface area contributed by atoms with Gasteiger partial charge in [-0.1, -0.05) is 29.5 Å². The molecule has 4 aromatic rings. The van der Waals surface area contributed by atoms with Crippen LogP contribution in [0.1, 0.15) is 26.8 Å². The Morgan fingerprint density at radius 3 is 2.82 bits per heavy atom. The highest BCUT2D eigenvalue weighted by atomic mass is 32.1. The van der Waals surface area contributed by atoms with Gasteiger partial charge in [0.05, 0.1) is 11.6 Å². The molecule has 2 aromatic carbocycles. The average molecular weight is 462 g/mol. The van der Waals surface area contributed by atoms with E-state index in [4.69, 9.17) is 4.74 Å². The molecule has 3 heterocycles. The molecule has 0 bridgehead atoms. The number of aromatic amines is 1. The topological polar surface area (TPSA) is 100 Å². The monoisotopic (exact) mass is 461 g/mol. The van der Waals surface area contributed by atoms with Crippen molar-refractivity contribution in [2.24, 2.45) is 0 Å². The zero-order valence-electron chi connectivity index (χ0n) is 18.0. The molecule has 2 N–H and O–H groups in total. The van der Waals surface area contributed by atoms with Crippen LogP contribution < -0.4 is 14.9 Å². The van der Waals surface area contributed by atoms with E-state index in [1.165, 1.54) is 0 Å². The molecule has 1 aliphatic rings. The summed E-state index contributed by atoms with van der Waals surface area (Å²) in [5.74, 6) is 0.508. The number of benzene rings is 2. The number of nitrogens with one attached hydrogen (secondary N) is 2. The van der Waals surface area contributed by atoms with Crippen molar-refractivity contribution in [2.45, 2.75) is 18.6 Å². The van der Waals surface area contributed by atoms with Gasteiger partial charge in [0.15, 0.2) is 0 Å². The van der Waals surface area contributed by atoms with E-state index in [0.717, 1.165) is 39.4 Å². The number of hydrogen-bond donors (Lipinski definition) is 2. The molecule has 0 unspecified atom stereocenters. The largest absolute Gasteiger partial charge is 0.489 e. The van der Waals surface area contributed by atoms with Crippen molar-refractivity contribution in [1.82, 2.24) is 25.4 Å². The van der Waals surface area contributed by atoms with Crippen molar-refractivity contribution < 1.29 is 9.53 Å².